The molecule has 3 aromatic heterocycles. The average molecular weight is 763 g/mol. The van der Waals surface area contributed by atoms with Crippen molar-refractivity contribution in [2.24, 2.45) is 0 Å². The van der Waals surface area contributed by atoms with Crippen molar-refractivity contribution in [2.75, 3.05) is 66.1 Å². The number of benzene rings is 2. The van der Waals surface area contributed by atoms with E-state index in [-0.39, 0.29) is 0 Å². The summed E-state index contributed by atoms with van der Waals surface area (Å²) in [5.41, 5.74) is 3.05. The van der Waals surface area contributed by atoms with Crippen molar-refractivity contribution in [2.45, 2.75) is 17.4 Å². The van der Waals surface area contributed by atoms with E-state index in [2.05, 4.69) is 25.6 Å². The molecule has 0 fully saturated rings. The largest absolute Gasteiger partial charge is 0.492 e. The summed E-state index contributed by atoms with van der Waals surface area (Å²) in [6.07, 6.45) is 7.23. The predicted octanol–water partition coefficient (Wildman–Crippen LogP) is 5.56. The molecule has 0 aliphatic carbocycles. The molecule has 0 spiro atoms. The molecule has 10 bridgehead atoms. The Morgan fingerprint density at radius 3 is 1.20 bits per heavy atom. The maximum atomic E-state index is 5.89. The first-order chi connectivity index (χ1) is 25.0. The lowest BCUT2D eigenvalue weighted by Crippen LogP contribution is -2.14. The van der Waals surface area contributed by atoms with Crippen LogP contribution in [0.2, 0.25) is 0 Å². The molecular weight excluding hydrogens is 725 g/mol. The minimum atomic E-state index is -0.750. The maximum Gasteiger partial charge on any atom is 0.180 e. The van der Waals surface area contributed by atoms with Crippen molar-refractivity contribution < 1.29 is 33.2 Å². The molecule has 51 heavy (non-hydrogen) atoms. The molecule has 2 aromatic carbocycles. The maximum absolute atomic E-state index is 5.89. The molecule has 14 nitrogen and oxygen atoms in total. The lowest BCUT2D eigenvalue weighted by molar-refractivity contribution is 0.00498. The second kappa shape index (κ2) is 21.2. The second-order valence-electron chi connectivity index (χ2n) is 10.6. The van der Waals surface area contributed by atoms with Crippen LogP contribution < -0.4 is 18.9 Å². The lowest BCUT2D eigenvalue weighted by Gasteiger charge is -2.10. The standard InChI is InChI=1S/C33H37N7O7.CHCl3/c1-5-30-6-2-28(1)44-11-9-39-24-32(35-37-39)26-21-27(23-34-22-26)33-25-40(38-36-33)10-12-45-29-3-7-31(8-4-29)47-20-18-43-16-14-41-13-15-42-17-19-46-30;2-1(3)4/h1-8,21-25H,9-20H2;1H. The van der Waals surface area contributed by atoms with Crippen molar-refractivity contribution in [3.8, 4) is 45.5 Å². The topological polar surface area (TPSA) is 139 Å². The first-order valence-corrected chi connectivity index (χ1v) is 17.5. The van der Waals surface area contributed by atoms with E-state index in [4.69, 9.17) is 68.0 Å². The first-order valence-electron chi connectivity index (χ1n) is 16.1. The quantitative estimate of drug-likeness (QED) is 0.183. The summed E-state index contributed by atoms with van der Waals surface area (Å²) in [4.78, 5) is 4.39. The molecule has 0 radical (unpaired) electrons. The minimum Gasteiger partial charge on any atom is -0.492 e. The highest BCUT2D eigenvalue weighted by molar-refractivity contribution is 6.63. The van der Waals surface area contributed by atoms with Crippen LogP contribution in [-0.2, 0) is 27.3 Å². The highest BCUT2D eigenvalue weighted by Crippen LogP contribution is 2.23. The fraction of sp³-hybridized carbons (Fsp3) is 0.382. The molecule has 17 heteroatoms. The van der Waals surface area contributed by atoms with E-state index in [9.17, 15) is 0 Å². The predicted molar refractivity (Wildman–Crippen MR) is 191 cm³/mol. The van der Waals surface area contributed by atoms with E-state index in [1.807, 2.05) is 67.0 Å². The molecule has 9 rings (SSSR count). The second-order valence-corrected chi connectivity index (χ2v) is 12.6. The third-order valence-electron chi connectivity index (χ3n) is 6.97. The van der Waals surface area contributed by atoms with Gasteiger partial charge in [0.2, 0.25) is 0 Å². The molecule has 5 aromatic rings. The van der Waals surface area contributed by atoms with Crippen molar-refractivity contribution in [1.29, 1.82) is 0 Å². The van der Waals surface area contributed by atoms with Gasteiger partial charge in [-0.2, -0.15) is 0 Å². The number of hydrogen-bond donors (Lipinski definition) is 0. The number of hydrogen-bond acceptors (Lipinski definition) is 12. The molecule has 0 saturated carbocycles. The SMILES string of the molecule is ClC(Cl)Cl.c1cc2ccc1OCCOCCOCCOCCOc1ccc(cc1)OCCn1cc(nn1)-c1cncc(c1)-c1cn(nn1)CCO2. The van der Waals surface area contributed by atoms with Gasteiger partial charge in [-0.25, -0.2) is 9.36 Å². The number of pyridine rings is 1. The number of aromatic nitrogens is 7. The molecular formula is C34H38Cl3N7O7. The van der Waals surface area contributed by atoms with Crippen LogP contribution in [0.15, 0.2) is 79.4 Å². The highest BCUT2D eigenvalue weighted by Gasteiger charge is 2.10. The van der Waals surface area contributed by atoms with Crippen molar-refractivity contribution in [3.63, 3.8) is 0 Å². The number of alkyl halides is 3. The molecule has 4 aliphatic heterocycles. The molecule has 4 aliphatic rings. The van der Waals surface area contributed by atoms with Crippen molar-refractivity contribution in [3.05, 3.63) is 79.4 Å². The van der Waals surface area contributed by atoms with Crippen molar-refractivity contribution in [1.82, 2.24) is 35.0 Å². The van der Waals surface area contributed by atoms with Crippen LogP contribution >= 0.6 is 34.8 Å². The summed E-state index contributed by atoms with van der Waals surface area (Å²) in [5.74, 6) is 2.96. The number of rotatable bonds is 0. The van der Waals surface area contributed by atoms with Gasteiger partial charge in [-0.3, -0.25) is 4.98 Å². The van der Waals surface area contributed by atoms with Gasteiger partial charge in [0.05, 0.1) is 65.1 Å². The number of halogens is 3. The fourth-order valence-electron chi connectivity index (χ4n) is 4.56. The monoisotopic (exact) mass is 761 g/mol. The van der Waals surface area contributed by atoms with E-state index in [1.165, 1.54) is 0 Å². The molecule has 0 atom stereocenters. The minimum absolute atomic E-state index is 0.426. The van der Waals surface area contributed by atoms with Gasteiger partial charge in [-0.15, -0.1) is 10.2 Å². The Labute approximate surface area is 310 Å². The summed E-state index contributed by atoms with van der Waals surface area (Å²) in [5, 5.41) is 17.1. The van der Waals surface area contributed by atoms with Crippen LogP contribution in [0.5, 0.6) is 23.0 Å². The van der Waals surface area contributed by atoms with Crippen LogP contribution in [0, 0.1) is 0 Å². The van der Waals surface area contributed by atoms with Gasteiger partial charge in [-0.05, 0) is 54.6 Å². The summed E-state index contributed by atoms with van der Waals surface area (Å²) >= 11 is 14.4. The first kappa shape index (κ1) is 38.1. The fourth-order valence-corrected chi connectivity index (χ4v) is 4.56. The summed E-state index contributed by atoms with van der Waals surface area (Å²) in [7, 11) is 0. The lowest BCUT2D eigenvalue weighted by atomic mass is 10.1. The normalized spacial score (nSPS) is 15.4. The van der Waals surface area contributed by atoms with E-state index < -0.39 is 4.30 Å². The van der Waals surface area contributed by atoms with Crippen LogP contribution in [0.25, 0.3) is 22.5 Å². The van der Waals surface area contributed by atoms with E-state index in [0.717, 1.165) is 34.1 Å². The van der Waals surface area contributed by atoms with Gasteiger partial charge in [0.1, 0.15) is 60.8 Å². The van der Waals surface area contributed by atoms with Crippen LogP contribution in [0.4, 0.5) is 0 Å². The van der Waals surface area contributed by atoms with Crippen LogP contribution in [0.1, 0.15) is 0 Å². The Balaban J connectivity index is 0.00000120. The third kappa shape index (κ3) is 13.8. The molecule has 0 saturated heterocycles. The smallest absolute Gasteiger partial charge is 0.180 e. The van der Waals surface area contributed by atoms with Gasteiger partial charge in [0, 0.05) is 23.5 Å². The molecule has 0 amide bonds. The van der Waals surface area contributed by atoms with Gasteiger partial charge < -0.3 is 33.2 Å². The average Bonchev–Trinajstić information content (AvgIpc) is 3.82. The van der Waals surface area contributed by atoms with Crippen molar-refractivity contribution >= 4 is 34.8 Å². The zero-order valence-electron chi connectivity index (χ0n) is 27.7. The molecule has 0 N–H and O–H groups in total. The van der Waals surface area contributed by atoms with Gasteiger partial charge >= 0.3 is 0 Å². The molecule has 0 unspecified atom stereocenters. The third-order valence-corrected chi connectivity index (χ3v) is 6.97. The Bertz CT molecular complexity index is 1590. The van der Waals surface area contributed by atoms with Crippen LogP contribution in [-0.4, -0.2) is 105 Å². The highest BCUT2D eigenvalue weighted by atomic mass is 35.6. The van der Waals surface area contributed by atoms with E-state index >= 15 is 0 Å². The summed E-state index contributed by atoms with van der Waals surface area (Å²) in [6.45, 7) is 5.65. The Morgan fingerprint density at radius 1 is 0.490 bits per heavy atom. The van der Waals surface area contributed by atoms with Gasteiger partial charge in [0.25, 0.3) is 0 Å². The van der Waals surface area contributed by atoms with E-state index in [1.54, 1.807) is 21.8 Å². The number of nitrogens with zero attached hydrogens (tertiary/aromatic N) is 7. The summed E-state index contributed by atoms with van der Waals surface area (Å²) in [6, 6.07) is 16.9. The zero-order chi connectivity index (χ0) is 35.5. The van der Waals surface area contributed by atoms with E-state index in [0.29, 0.717) is 90.5 Å². The Morgan fingerprint density at radius 2 is 0.824 bits per heavy atom. The zero-order valence-corrected chi connectivity index (χ0v) is 30.0. The van der Waals surface area contributed by atoms with Gasteiger partial charge in [-0.1, -0.05) is 45.2 Å². The Kier molecular flexibility index (Phi) is 15.9. The summed E-state index contributed by atoms with van der Waals surface area (Å²) < 4.78 is 42.7. The molecule has 7 heterocycles. The van der Waals surface area contributed by atoms with Gasteiger partial charge in [0.15, 0.2) is 4.30 Å². The molecule has 272 valence electrons. The number of ether oxygens (including phenoxy) is 7. The Hall–Kier alpha value is -4.18. The van der Waals surface area contributed by atoms with Crippen LogP contribution in [0.3, 0.4) is 0 Å².